The van der Waals surface area contributed by atoms with Gasteiger partial charge in [-0.25, -0.2) is 9.59 Å². The predicted octanol–water partition coefficient (Wildman–Crippen LogP) is 5.64. The molecule has 0 amide bonds. The first-order valence-corrected chi connectivity index (χ1v) is 17.2. The zero-order valence-corrected chi connectivity index (χ0v) is 29.6. The van der Waals surface area contributed by atoms with E-state index in [1.54, 1.807) is 65.4 Å². The molecule has 2 aromatic rings. The van der Waals surface area contributed by atoms with Crippen LogP contribution in [0, 0.1) is 29.6 Å². The average molecular weight is 679 g/mol. The SMILES string of the molecule is C=C1O[C@H](C(C)O)[C@H](C)/C=C(\C)[C@]23O[C@@H]4[C@H](C=CC2C[C@@H]1OC)[C@H]3[C@H](O)[C@@H](C)[C@H]4OC(=O)c1cc(-c2cccn2C(=O)OC(C)(C)C)c[nH]1. The molecule has 4 aliphatic rings. The topological polar surface area (TPSA) is 141 Å². The highest BCUT2D eigenvalue weighted by atomic mass is 16.6. The second kappa shape index (κ2) is 12.9. The minimum atomic E-state index is -0.905. The third kappa shape index (κ3) is 6.09. The highest BCUT2D eigenvalue weighted by Gasteiger charge is 2.69. The van der Waals surface area contributed by atoms with E-state index in [1.807, 2.05) is 20.8 Å². The predicted molar refractivity (Wildman–Crippen MR) is 181 cm³/mol. The van der Waals surface area contributed by atoms with Gasteiger partial charge in [-0.3, -0.25) is 4.57 Å². The van der Waals surface area contributed by atoms with E-state index in [-0.39, 0.29) is 29.4 Å². The molecule has 11 heteroatoms. The Hall–Kier alpha value is -3.64. The number of aromatic nitrogens is 2. The van der Waals surface area contributed by atoms with Crippen LogP contribution >= 0.6 is 0 Å². The number of nitrogens with one attached hydrogen (secondary N) is 1. The van der Waals surface area contributed by atoms with Gasteiger partial charge in [0.15, 0.2) is 0 Å². The molecule has 11 nitrogen and oxygen atoms in total. The van der Waals surface area contributed by atoms with Crippen molar-refractivity contribution in [3.63, 3.8) is 0 Å². The number of hydrogen-bond donors (Lipinski definition) is 3. The maximum absolute atomic E-state index is 13.7. The lowest BCUT2D eigenvalue weighted by atomic mass is 9.57. The minimum Gasteiger partial charge on any atom is -0.489 e. The summed E-state index contributed by atoms with van der Waals surface area (Å²) in [7, 11) is 1.61. The van der Waals surface area contributed by atoms with Crippen LogP contribution in [0.25, 0.3) is 11.3 Å². The van der Waals surface area contributed by atoms with E-state index < -0.39 is 65.8 Å². The van der Waals surface area contributed by atoms with Gasteiger partial charge in [0.2, 0.25) is 0 Å². The summed E-state index contributed by atoms with van der Waals surface area (Å²) in [5, 5.41) is 22.7. The molecule has 2 aromatic heterocycles. The number of H-pyrrole nitrogens is 1. The Morgan fingerprint density at radius 3 is 2.63 bits per heavy atom. The summed E-state index contributed by atoms with van der Waals surface area (Å²) in [5.74, 6) is -1.49. The van der Waals surface area contributed by atoms with Gasteiger partial charge in [0.1, 0.15) is 47.1 Å². The highest BCUT2D eigenvalue weighted by Crippen LogP contribution is 2.61. The Balaban J connectivity index is 1.29. The number of aliphatic hydroxyl groups excluding tert-OH is 2. The van der Waals surface area contributed by atoms with E-state index in [2.05, 4.69) is 29.8 Å². The van der Waals surface area contributed by atoms with E-state index >= 15 is 0 Å². The molecule has 2 aliphatic carbocycles. The molecule has 2 fully saturated rings. The largest absolute Gasteiger partial charge is 0.489 e. The quantitative estimate of drug-likeness (QED) is 0.271. The number of aliphatic hydroxyl groups is 2. The molecule has 1 saturated heterocycles. The summed E-state index contributed by atoms with van der Waals surface area (Å²) in [4.78, 5) is 29.6. The molecule has 2 aliphatic heterocycles. The van der Waals surface area contributed by atoms with E-state index in [1.165, 1.54) is 4.57 Å². The molecule has 4 heterocycles. The van der Waals surface area contributed by atoms with Crippen molar-refractivity contribution in [1.82, 2.24) is 9.55 Å². The molecule has 49 heavy (non-hydrogen) atoms. The fraction of sp³-hybridized carbons (Fsp3) is 0.579. The van der Waals surface area contributed by atoms with Crippen LogP contribution in [0.4, 0.5) is 4.79 Å². The van der Waals surface area contributed by atoms with Gasteiger partial charge in [0, 0.05) is 54.7 Å². The molecule has 4 bridgehead atoms. The van der Waals surface area contributed by atoms with Crippen molar-refractivity contribution >= 4 is 12.1 Å². The smallest absolute Gasteiger partial charge is 0.418 e. The zero-order valence-electron chi connectivity index (χ0n) is 29.6. The summed E-state index contributed by atoms with van der Waals surface area (Å²) in [6.45, 7) is 17.2. The van der Waals surface area contributed by atoms with Gasteiger partial charge in [-0.15, -0.1) is 0 Å². The fourth-order valence-electron chi connectivity index (χ4n) is 8.54. The average Bonchev–Trinajstić information content (AvgIpc) is 3.75. The van der Waals surface area contributed by atoms with Crippen LogP contribution < -0.4 is 0 Å². The number of nitrogens with zero attached hydrogens (tertiary/aromatic N) is 1. The van der Waals surface area contributed by atoms with Crippen LogP contribution in [-0.2, 0) is 23.7 Å². The van der Waals surface area contributed by atoms with Gasteiger partial charge in [0.25, 0.3) is 0 Å². The summed E-state index contributed by atoms with van der Waals surface area (Å²) in [6.07, 6.45) is 5.61. The van der Waals surface area contributed by atoms with Crippen LogP contribution in [0.3, 0.4) is 0 Å². The third-order valence-electron chi connectivity index (χ3n) is 10.8. The number of rotatable bonds is 5. The van der Waals surface area contributed by atoms with E-state index in [4.69, 9.17) is 23.7 Å². The first-order chi connectivity index (χ1) is 23.1. The minimum absolute atomic E-state index is 0.195. The number of esters is 1. The van der Waals surface area contributed by atoms with Gasteiger partial charge in [-0.05, 0) is 64.8 Å². The summed E-state index contributed by atoms with van der Waals surface area (Å²) in [6, 6.07) is 5.15. The van der Waals surface area contributed by atoms with Crippen LogP contribution in [0.15, 0.2) is 66.7 Å². The second-order valence-electron chi connectivity index (χ2n) is 15.2. The van der Waals surface area contributed by atoms with Crippen molar-refractivity contribution in [3.8, 4) is 11.3 Å². The Labute approximate surface area is 287 Å². The second-order valence-corrected chi connectivity index (χ2v) is 15.2. The number of hydrogen-bond acceptors (Lipinski definition) is 9. The number of methoxy groups -OCH3 is 1. The number of carbonyl (C=O) groups excluding carboxylic acids is 2. The third-order valence-corrected chi connectivity index (χ3v) is 10.8. The fourth-order valence-corrected chi connectivity index (χ4v) is 8.54. The first-order valence-electron chi connectivity index (χ1n) is 17.2. The van der Waals surface area contributed by atoms with Gasteiger partial charge in [0.05, 0.1) is 17.9 Å². The van der Waals surface area contributed by atoms with Gasteiger partial charge in [-0.1, -0.05) is 38.7 Å². The monoisotopic (exact) mass is 678 g/mol. The Bertz CT molecular complexity index is 1650. The van der Waals surface area contributed by atoms with Crippen LogP contribution in [-0.4, -0.2) is 86.8 Å². The molecule has 266 valence electrons. The molecule has 0 aromatic carbocycles. The first kappa shape index (κ1) is 35.2. The molecule has 12 atom stereocenters. The van der Waals surface area contributed by atoms with E-state index in [0.29, 0.717) is 23.4 Å². The summed E-state index contributed by atoms with van der Waals surface area (Å²) in [5.41, 5.74) is 0.739. The van der Waals surface area contributed by atoms with Gasteiger partial charge in [-0.2, -0.15) is 0 Å². The molecule has 0 radical (unpaired) electrons. The van der Waals surface area contributed by atoms with Gasteiger partial charge < -0.3 is 38.9 Å². The molecule has 1 saturated carbocycles. The Kier molecular flexibility index (Phi) is 9.28. The molecule has 2 unspecified atom stereocenters. The highest BCUT2D eigenvalue weighted by molar-refractivity contribution is 5.90. The number of carbonyl (C=O) groups is 2. The molecular formula is C38H50N2O9. The van der Waals surface area contributed by atoms with Crippen molar-refractivity contribution in [2.45, 2.75) is 103 Å². The van der Waals surface area contributed by atoms with Crippen LogP contribution in [0.1, 0.15) is 65.4 Å². The molecule has 6 rings (SSSR count). The van der Waals surface area contributed by atoms with Crippen molar-refractivity contribution < 1.29 is 43.5 Å². The van der Waals surface area contributed by atoms with Crippen molar-refractivity contribution in [2.24, 2.45) is 29.6 Å². The molecular weight excluding hydrogens is 628 g/mol. The zero-order chi connectivity index (χ0) is 35.6. The van der Waals surface area contributed by atoms with Crippen molar-refractivity contribution in [1.29, 1.82) is 0 Å². The lowest BCUT2D eigenvalue weighted by Gasteiger charge is -2.49. The maximum atomic E-state index is 13.7. The lowest BCUT2D eigenvalue weighted by molar-refractivity contribution is -0.108. The molecule has 3 N–H and O–H groups in total. The summed E-state index contributed by atoms with van der Waals surface area (Å²) >= 11 is 0. The normalized spacial score (nSPS) is 37.3. The lowest BCUT2D eigenvalue weighted by Crippen LogP contribution is -2.57. The van der Waals surface area contributed by atoms with Gasteiger partial charge >= 0.3 is 12.1 Å². The van der Waals surface area contributed by atoms with E-state index in [9.17, 15) is 19.8 Å². The Morgan fingerprint density at radius 1 is 1.22 bits per heavy atom. The van der Waals surface area contributed by atoms with Crippen LogP contribution in [0.5, 0.6) is 0 Å². The number of aromatic amines is 1. The van der Waals surface area contributed by atoms with Crippen LogP contribution in [0.2, 0.25) is 0 Å². The molecule has 1 spiro atoms. The van der Waals surface area contributed by atoms with Crippen molar-refractivity contribution in [2.75, 3.05) is 7.11 Å². The van der Waals surface area contributed by atoms with Crippen molar-refractivity contribution in [3.05, 3.63) is 72.4 Å². The van der Waals surface area contributed by atoms with E-state index in [0.717, 1.165) is 5.57 Å². The summed E-state index contributed by atoms with van der Waals surface area (Å²) < 4.78 is 32.3. The number of ether oxygens (including phenoxy) is 5. The Morgan fingerprint density at radius 2 is 1.96 bits per heavy atom. The standard InChI is InChI=1S/C38H50N2O9/c1-19-15-20(2)38-25(17-29(45-9)23(5)46-32(19)22(4)41)12-13-26-30(38)31(42)21(3)33(34(26)48-38)47-35(43)27-16-24(18-39-27)28-11-10-14-40(28)36(44)49-37(6,7)8/h10-16,18-19,21-22,25-26,29-34,39,41-42H,5,17H2,1-4,6-9H3/b20-15+/t19-,21-,22?,25?,26-,29+,30+,31-,32+,33-,34-,38+/m1/s1. The maximum Gasteiger partial charge on any atom is 0.418 e.